The first kappa shape index (κ1) is 11.5. The lowest BCUT2D eigenvalue weighted by atomic mass is 9.62. The SMILES string of the molecule is CC(C)C1CCC(C(N)=O)C(C)(C)C1. The lowest BCUT2D eigenvalue weighted by molar-refractivity contribution is -0.128. The van der Waals surface area contributed by atoms with Crippen LogP contribution in [0.3, 0.4) is 0 Å². The third-order valence-corrected chi connectivity index (χ3v) is 3.84. The maximum absolute atomic E-state index is 11.3. The molecule has 2 heteroatoms. The molecule has 1 aliphatic rings. The van der Waals surface area contributed by atoms with E-state index in [-0.39, 0.29) is 17.2 Å². The first-order chi connectivity index (χ1) is 6.34. The summed E-state index contributed by atoms with van der Waals surface area (Å²) in [7, 11) is 0. The van der Waals surface area contributed by atoms with E-state index < -0.39 is 0 Å². The Balaban J connectivity index is 2.70. The first-order valence-corrected chi connectivity index (χ1v) is 5.64. The summed E-state index contributed by atoms with van der Waals surface area (Å²) in [5.74, 6) is 1.46. The van der Waals surface area contributed by atoms with Crippen LogP contribution in [0.1, 0.15) is 47.0 Å². The summed E-state index contributed by atoms with van der Waals surface area (Å²) in [6.07, 6.45) is 3.28. The van der Waals surface area contributed by atoms with Gasteiger partial charge >= 0.3 is 0 Å². The zero-order valence-corrected chi connectivity index (χ0v) is 9.84. The molecule has 0 aromatic carbocycles. The van der Waals surface area contributed by atoms with Gasteiger partial charge in [-0.1, -0.05) is 27.7 Å². The minimum Gasteiger partial charge on any atom is -0.369 e. The minimum atomic E-state index is -0.114. The Labute approximate surface area is 87.2 Å². The van der Waals surface area contributed by atoms with E-state index in [4.69, 9.17) is 5.73 Å². The predicted octanol–water partition coefficient (Wildman–Crippen LogP) is 2.57. The van der Waals surface area contributed by atoms with Gasteiger partial charge in [-0.2, -0.15) is 0 Å². The van der Waals surface area contributed by atoms with Crippen LogP contribution in [0.25, 0.3) is 0 Å². The summed E-state index contributed by atoms with van der Waals surface area (Å²) in [5, 5.41) is 0. The highest BCUT2D eigenvalue weighted by Gasteiger charge is 2.40. The zero-order valence-electron chi connectivity index (χ0n) is 9.84. The highest BCUT2D eigenvalue weighted by molar-refractivity contribution is 5.77. The van der Waals surface area contributed by atoms with E-state index in [2.05, 4.69) is 27.7 Å². The Bertz CT molecular complexity index is 220. The molecule has 0 bridgehead atoms. The van der Waals surface area contributed by atoms with Gasteiger partial charge in [0.2, 0.25) is 5.91 Å². The van der Waals surface area contributed by atoms with Crippen molar-refractivity contribution in [3.8, 4) is 0 Å². The molecule has 0 heterocycles. The second kappa shape index (κ2) is 3.92. The third-order valence-electron chi connectivity index (χ3n) is 3.84. The molecule has 1 fully saturated rings. The molecule has 1 amide bonds. The van der Waals surface area contributed by atoms with Gasteiger partial charge in [0, 0.05) is 5.92 Å². The van der Waals surface area contributed by atoms with Gasteiger partial charge in [-0.15, -0.1) is 0 Å². The Hall–Kier alpha value is -0.530. The van der Waals surface area contributed by atoms with E-state index in [1.54, 1.807) is 0 Å². The van der Waals surface area contributed by atoms with Crippen molar-refractivity contribution in [1.82, 2.24) is 0 Å². The van der Waals surface area contributed by atoms with Crippen molar-refractivity contribution < 1.29 is 4.79 Å². The van der Waals surface area contributed by atoms with Gasteiger partial charge in [0.25, 0.3) is 0 Å². The molecule has 2 N–H and O–H groups in total. The molecule has 0 aromatic rings. The topological polar surface area (TPSA) is 43.1 Å². The van der Waals surface area contributed by atoms with Crippen molar-refractivity contribution in [2.45, 2.75) is 47.0 Å². The van der Waals surface area contributed by atoms with Gasteiger partial charge in [0.15, 0.2) is 0 Å². The molecule has 0 radical (unpaired) electrons. The molecule has 2 unspecified atom stereocenters. The molecule has 0 saturated heterocycles. The smallest absolute Gasteiger partial charge is 0.221 e. The van der Waals surface area contributed by atoms with Crippen molar-refractivity contribution >= 4 is 5.91 Å². The van der Waals surface area contributed by atoms with E-state index in [9.17, 15) is 4.79 Å². The molecule has 1 rings (SSSR count). The zero-order chi connectivity index (χ0) is 10.9. The number of hydrogen-bond donors (Lipinski definition) is 1. The Morgan fingerprint density at radius 3 is 2.29 bits per heavy atom. The van der Waals surface area contributed by atoms with Crippen molar-refractivity contribution in [3.05, 3.63) is 0 Å². The second-order valence-corrected chi connectivity index (χ2v) is 5.73. The van der Waals surface area contributed by atoms with Crippen LogP contribution >= 0.6 is 0 Å². The summed E-state index contributed by atoms with van der Waals surface area (Å²) >= 11 is 0. The van der Waals surface area contributed by atoms with Crippen LogP contribution in [0.4, 0.5) is 0 Å². The molecule has 0 aliphatic heterocycles. The largest absolute Gasteiger partial charge is 0.369 e. The number of hydrogen-bond acceptors (Lipinski definition) is 1. The van der Waals surface area contributed by atoms with Gasteiger partial charge in [-0.05, 0) is 36.5 Å². The normalized spacial score (nSPS) is 31.8. The number of primary amides is 1. The monoisotopic (exact) mass is 197 g/mol. The molecule has 0 spiro atoms. The number of nitrogens with two attached hydrogens (primary N) is 1. The van der Waals surface area contributed by atoms with Crippen molar-refractivity contribution in [2.24, 2.45) is 28.9 Å². The third kappa shape index (κ3) is 2.28. The average Bonchev–Trinajstić information content (AvgIpc) is 2.01. The van der Waals surface area contributed by atoms with E-state index in [0.29, 0.717) is 0 Å². The van der Waals surface area contributed by atoms with Gasteiger partial charge in [0.05, 0.1) is 0 Å². The molecular weight excluding hydrogens is 174 g/mol. The van der Waals surface area contributed by atoms with Crippen LogP contribution in [0.15, 0.2) is 0 Å². The standard InChI is InChI=1S/C12H23NO/c1-8(2)9-5-6-10(11(13)14)12(3,4)7-9/h8-10H,5-7H2,1-4H3,(H2,13,14). The lowest BCUT2D eigenvalue weighted by Gasteiger charge is -2.42. The van der Waals surface area contributed by atoms with Gasteiger partial charge in [-0.3, -0.25) is 4.79 Å². The molecule has 14 heavy (non-hydrogen) atoms. The van der Waals surface area contributed by atoms with E-state index in [0.717, 1.165) is 31.1 Å². The van der Waals surface area contributed by atoms with Crippen molar-refractivity contribution in [1.29, 1.82) is 0 Å². The molecule has 1 saturated carbocycles. The van der Waals surface area contributed by atoms with Crippen molar-refractivity contribution in [2.75, 3.05) is 0 Å². The van der Waals surface area contributed by atoms with Crippen LogP contribution < -0.4 is 5.73 Å². The number of amides is 1. The molecular formula is C12H23NO. The molecule has 0 aromatic heterocycles. The molecule has 2 atom stereocenters. The Kier molecular flexibility index (Phi) is 3.23. The highest BCUT2D eigenvalue weighted by atomic mass is 16.1. The average molecular weight is 197 g/mol. The maximum Gasteiger partial charge on any atom is 0.221 e. The first-order valence-electron chi connectivity index (χ1n) is 5.64. The van der Waals surface area contributed by atoms with Gasteiger partial charge in [0.1, 0.15) is 0 Å². The molecule has 82 valence electrons. The summed E-state index contributed by atoms with van der Waals surface area (Å²) < 4.78 is 0. The minimum absolute atomic E-state index is 0.0810. The number of carbonyl (C=O) groups is 1. The van der Waals surface area contributed by atoms with Crippen LogP contribution in [0.5, 0.6) is 0 Å². The predicted molar refractivity (Wildman–Crippen MR) is 58.6 cm³/mol. The summed E-state index contributed by atoms with van der Waals surface area (Å²) in [5.41, 5.74) is 5.52. The van der Waals surface area contributed by atoms with Crippen LogP contribution in [0.2, 0.25) is 0 Å². The summed E-state index contributed by atoms with van der Waals surface area (Å²) in [6.45, 7) is 8.89. The molecule has 2 nitrogen and oxygen atoms in total. The summed E-state index contributed by atoms with van der Waals surface area (Å²) in [4.78, 5) is 11.3. The van der Waals surface area contributed by atoms with Crippen LogP contribution in [-0.4, -0.2) is 5.91 Å². The molecule has 1 aliphatic carbocycles. The Morgan fingerprint density at radius 1 is 1.36 bits per heavy atom. The fourth-order valence-corrected chi connectivity index (χ4v) is 2.79. The lowest BCUT2D eigenvalue weighted by Crippen LogP contribution is -2.41. The van der Waals surface area contributed by atoms with Gasteiger partial charge < -0.3 is 5.73 Å². The van der Waals surface area contributed by atoms with Crippen LogP contribution in [-0.2, 0) is 4.79 Å². The fourth-order valence-electron chi connectivity index (χ4n) is 2.79. The van der Waals surface area contributed by atoms with Gasteiger partial charge in [-0.25, -0.2) is 0 Å². The number of carbonyl (C=O) groups excluding carboxylic acids is 1. The van der Waals surface area contributed by atoms with E-state index >= 15 is 0 Å². The Morgan fingerprint density at radius 2 is 1.93 bits per heavy atom. The van der Waals surface area contributed by atoms with E-state index in [1.165, 1.54) is 0 Å². The van der Waals surface area contributed by atoms with Crippen LogP contribution in [0, 0.1) is 23.2 Å². The summed E-state index contributed by atoms with van der Waals surface area (Å²) in [6, 6.07) is 0. The fraction of sp³-hybridized carbons (Fsp3) is 0.917. The van der Waals surface area contributed by atoms with Crippen molar-refractivity contribution in [3.63, 3.8) is 0 Å². The van der Waals surface area contributed by atoms with E-state index in [1.807, 2.05) is 0 Å². The number of rotatable bonds is 2. The quantitative estimate of drug-likeness (QED) is 0.726. The maximum atomic E-state index is 11.3. The highest BCUT2D eigenvalue weighted by Crippen LogP contribution is 2.45. The second-order valence-electron chi connectivity index (χ2n) is 5.73.